The molecule has 2 rings (SSSR count). The summed E-state index contributed by atoms with van der Waals surface area (Å²) in [6.45, 7) is 3.22. The van der Waals surface area contributed by atoms with Gasteiger partial charge in [0.2, 0.25) is 0 Å². The van der Waals surface area contributed by atoms with Crippen LogP contribution in [0.4, 0.5) is 0 Å². The highest BCUT2D eigenvalue weighted by atomic mass is 14.8. The SMILES string of the molecule is CCC(=Cc1ccccc1C1CC1)CNC. The maximum atomic E-state index is 3.23. The fourth-order valence-corrected chi connectivity index (χ4v) is 2.13. The molecule has 0 bridgehead atoms. The molecule has 1 heteroatoms. The average Bonchev–Trinajstić information content (AvgIpc) is 3.13. The van der Waals surface area contributed by atoms with E-state index in [4.69, 9.17) is 0 Å². The standard InChI is InChI=1S/C15H21N/c1-3-12(11-16-2)10-14-6-4-5-7-15(14)13-8-9-13/h4-7,10,13,16H,3,8-9,11H2,1-2H3. The zero-order chi connectivity index (χ0) is 11.4. The van der Waals surface area contributed by atoms with E-state index in [1.807, 2.05) is 7.05 Å². The van der Waals surface area contributed by atoms with E-state index in [0.717, 1.165) is 18.9 Å². The summed E-state index contributed by atoms with van der Waals surface area (Å²) < 4.78 is 0. The molecule has 0 saturated heterocycles. The Hall–Kier alpha value is -1.08. The first-order valence-electron chi connectivity index (χ1n) is 6.28. The second-order valence-electron chi connectivity index (χ2n) is 4.59. The third-order valence-corrected chi connectivity index (χ3v) is 3.23. The molecule has 0 spiro atoms. The van der Waals surface area contributed by atoms with Gasteiger partial charge in [-0.25, -0.2) is 0 Å². The van der Waals surface area contributed by atoms with Crippen molar-refractivity contribution in [1.82, 2.24) is 5.32 Å². The minimum atomic E-state index is 0.833. The van der Waals surface area contributed by atoms with Crippen molar-refractivity contribution in [3.05, 3.63) is 41.0 Å². The maximum Gasteiger partial charge on any atom is 0.0164 e. The largest absolute Gasteiger partial charge is 0.316 e. The van der Waals surface area contributed by atoms with Crippen LogP contribution in [0.5, 0.6) is 0 Å². The van der Waals surface area contributed by atoms with E-state index in [0.29, 0.717) is 0 Å². The Labute approximate surface area is 98.6 Å². The molecule has 0 radical (unpaired) electrons. The Bertz CT molecular complexity index is 375. The minimum Gasteiger partial charge on any atom is -0.316 e. The van der Waals surface area contributed by atoms with Gasteiger partial charge in [-0.15, -0.1) is 0 Å². The number of nitrogens with one attached hydrogen (secondary N) is 1. The van der Waals surface area contributed by atoms with E-state index in [-0.39, 0.29) is 0 Å². The summed E-state index contributed by atoms with van der Waals surface area (Å²) in [5, 5.41) is 3.23. The van der Waals surface area contributed by atoms with Crippen molar-refractivity contribution in [3.8, 4) is 0 Å². The van der Waals surface area contributed by atoms with Crippen LogP contribution in [-0.2, 0) is 0 Å². The van der Waals surface area contributed by atoms with Gasteiger partial charge in [0.05, 0.1) is 0 Å². The molecule has 1 aromatic carbocycles. The van der Waals surface area contributed by atoms with Crippen molar-refractivity contribution >= 4 is 6.08 Å². The molecule has 1 aliphatic carbocycles. The van der Waals surface area contributed by atoms with E-state index < -0.39 is 0 Å². The van der Waals surface area contributed by atoms with Crippen LogP contribution in [0.15, 0.2) is 29.8 Å². The molecule has 1 aromatic rings. The van der Waals surface area contributed by atoms with Gasteiger partial charge in [0.15, 0.2) is 0 Å². The van der Waals surface area contributed by atoms with Crippen molar-refractivity contribution in [2.45, 2.75) is 32.1 Å². The molecule has 86 valence electrons. The molecule has 1 fully saturated rings. The molecule has 1 N–H and O–H groups in total. The summed E-state index contributed by atoms with van der Waals surface area (Å²) in [6.07, 6.45) is 6.24. The van der Waals surface area contributed by atoms with Crippen LogP contribution in [-0.4, -0.2) is 13.6 Å². The smallest absolute Gasteiger partial charge is 0.0164 e. The van der Waals surface area contributed by atoms with E-state index in [1.54, 1.807) is 5.56 Å². The van der Waals surface area contributed by atoms with Gasteiger partial charge in [0.25, 0.3) is 0 Å². The van der Waals surface area contributed by atoms with Gasteiger partial charge < -0.3 is 5.32 Å². The first-order valence-corrected chi connectivity index (χ1v) is 6.28. The molecule has 0 heterocycles. The number of rotatable bonds is 5. The van der Waals surface area contributed by atoms with Crippen LogP contribution in [0.3, 0.4) is 0 Å². The molecule has 16 heavy (non-hydrogen) atoms. The van der Waals surface area contributed by atoms with Crippen LogP contribution >= 0.6 is 0 Å². The van der Waals surface area contributed by atoms with E-state index in [9.17, 15) is 0 Å². The fourth-order valence-electron chi connectivity index (χ4n) is 2.13. The molecule has 0 atom stereocenters. The lowest BCUT2D eigenvalue weighted by molar-refractivity contribution is 0.850. The van der Waals surface area contributed by atoms with Crippen molar-refractivity contribution < 1.29 is 0 Å². The summed E-state index contributed by atoms with van der Waals surface area (Å²) in [6, 6.07) is 8.84. The molecule has 1 saturated carbocycles. The van der Waals surface area contributed by atoms with Gasteiger partial charge in [0, 0.05) is 6.54 Å². The fraction of sp³-hybridized carbons (Fsp3) is 0.467. The molecular weight excluding hydrogens is 194 g/mol. The first-order chi connectivity index (χ1) is 7.85. The lowest BCUT2D eigenvalue weighted by Crippen LogP contribution is -2.09. The predicted octanol–water partition coefficient (Wildman–Crippen LogP) is 3.58. The lowest BCUT2D eigenvalue weighted by Gasteiger charge is -2.08. The van der Waals surface area contributed by atoms with Gasteiger partial charge in [-0.3, -0.25) is 0 Å². The zero-order valence-electron chi connectivity index (χ0n) is 10.3. The number of benzene rings is 1. The van der Waals surface area contributed by atoms with Gasteiger partial charge in [0.1, 0.15) is 0 Å². The summed E-state index contributed by atoms with van der Waals surface area (Å²) in [5.41, 5.74) is 4.46. The Morgan fingerprint density at radius 2 is 2.12 bits per heavy atom. The summed E-state index contributed by atoms with van der Waals surface area (Å²) >= 11 is 0. The van der Waals surface area contributed by atoms with Crippen LogP contribution < -0.4 is 5.32 Å². The molecule has 0 unspecified atom stereocenters. The van der Waals surface area contributed by atoms with Gasteiger partial charge in [-0.1, -0.05) is 42.8 Å². The quantitative estimate of drug-likeness (QED) is 0.791. The van der Waals surface area contributed by atoms with E-state index in [2.05, 4.69) is 42.6 Å². The predicted molar refractivity (Wildman–Crippen MR) is 70.6 cm³/mol. The number of likely N-dealkylation sites (N-methyl/N-ethyl adjacent to an activating group) is 1. The maximum absolute atomic E-state index is 3.23. The van der Waals surface area contributed by atoms with Crippen molar-refractivity contribution in [2.75, 3.05) is 13.6 Å². The second-order valence-corrected chi connectivity index (χ2v) is 4.59. The lowest BCUT2D eigenvalue weighted by atomic mass is 10.0. The zero-order valence-corrected chi connectivity index (χ0v) is 10.3. The van der Waals surface area contributed by atoms with Crippen molar-refractivity contribution in [2.24, 2.45) is 0 Å². The summed E-state index contributed by atoms with van der Waals surface area (Å²) in [4.78, 5) is 0. The van der Waals surface area contributed by atoms with Crippen molar-refractivity contribution in [1.29, 1.82) is 0 Å². The highest BCUT2D eigenvalue weighted by molar-refractivity contribution is 5.58. The number of hydrogen-bond acceptors (Lipinski definition) is 1. The van der Waals surface area contributed by atoms with E-state index >= 15 is 0 Å². The number of hydrogen-bond donors (Lipinski definition) is 1. The van der Waals surface area contributed by atoms with Crippen LogP contribution in [0.2, 0.25) is 0 Å². The monoisotopic (exact) mass is 215 g/mol. The Morgan fingerprint density at radius 1 is 1.38 bits per heavy atom. The molecule has 1 nitrogen and oxygen atoms in total. The molecule has 1 aliphatic rings. The third kappa shape index (κ3) is 2.73. The summed E-state index contributed by atoms with van der Waals surface area (Å²) in [5.74, 6) is 0.833. The molecule has 0 aliphatic heterocycles. The van der Waals surface area contributed by atoms with Gasteiger partial charge >= 0.3 is 0 Å². The van der Waals surface area contributed by atoms with Crippen LogP contribution in [0, 0.1) is 0 Å². The summed E-state index contributed by atoms with van der Waals surface area (Å²) in [7, 11) is 2.01. The Balaban J connectivity index is 2.24. The Morgan fingerprint density at radius 3 is 2.75 bits per heavy atom. The second kappa shape index (κ2) is 5.31. The minimum absolute atomic E-state index is 0.833. The normalized spacial score (nSPS) is 16.5. The van der Waals surface area contributed by atoms with Crippen LogP contribution in [0.1, 0.15) is 43.2 Å². The molecule has 0 aromatic heterocycles. The molecular formula is C15H21N. The highest BCUT2D eigenvalue weighted by Crippen LogP contribution is 2.42. The highest BCUT2D eigenvalue weighted by Gasteiger charge is 2.24. The topological polar surface area (TPSA) is 12.0 Å². The van der Waals surface area contributed by atoms with E-state index in [1.165, 1.54) is 24.0 Å². The molecule has 0 amide bonds. The van der Waals surface area contributed by atoms with Gasteiger partial charge in [-0.2, -0.15) is 0 Å². The Kier molecular flexibility index (Phi) is 3.79. The van der Waals surface area contributed by atoms with Gasteiger partial charge in [-0.05, 0) is 43.4 Å². The first kappa shape index (κ1) is 11.4. The third-order valence-electron chi connectivity index (χ3n) is 3.23. The average molecular weight is 215 g/mol. The van der Waals surface area contributed by atoms with Crippen molar-refractivity contribution in [3.63, 3.8) is 0 Å². The van der Waals surface area contributed by atoms with Crippen LogP contribution in [0.25, 0.3) is 6.08 Å².